The van der Waals surface area contributed by atoms with Crippen LogP contribution in [-0.2, 0) is 30.9 Å². The Bertz CT molecular complexity index is 1420. The van der Waals surface area contributed by atoms with E-state index < -0.39 is 27.9 Å². The predicted molar refractivity (Wildman–Crippen MR) is 132 cm³/mol. The Kier molecular flexibility index (Phi) is 7.39. The van der Waals surface area contributed by atoms with Gasteiger partial charge in [0.1, 0.15) is 18.3 Å². The van der Waals surface area contributed by atoms with Gasteiger partial charge in [-0.2, -0.15) is 9.30 Å². The number of carbonyl (C=O) groups excluding carboxylic acids is 2. The van der Waals surface area contributed by atoms with Gasteiger partial charge in [0.05, 0.1) is 28.8 Å². The molecule has 0 aliphatic carbocycles. The highest BCUT2D eigenvalue weighted by molar-refractivity contribution is 7.89. The lowest BCUT2D eigenvalue weighted by atomic mass is 10.2. The lowest BCUT2D eigenvalue weighted by molar-refractivity contribution is -0.141. The fourth-order valence-corrected chi connectivity index (χ4v) is 6.74. The van der Waals surface area contributed by atoms with Gasteiger partial charge in [-0.05, 0) is 57.0 Å². The zero-order valence-electron chi connectivity index (χ0n) is 19.8. The highest BCUT2D eigenvalue weighted by Crippen LogP contribution is 2.28. The molecule has 1 fully saturated rings. The van der Waals surface area contributed by atoms with E-state index in [2.05, 4.69) is 4.99 Å². The number of ether oxygens (including phenoxy) is 2. The molecular weight excluding hydrogens is 490 g/mol. The number of aromatic nitrogens is 1. The topological polar surface area (TPSA) is 107 Å². The summed E-state index contributed by atoms with van der Waals surface area (Å²) in [5.41, 5.74) is 1.64. The number of benzene rings is 2. The van der Waals surface area contributed by atoms with Crippen LogP contribution in [0.25, 0.3) is 10.2 Å². The van der Waals surface area contributed by atoms with Gasteiger partial charge in [-0.15, -0.1) is 0 Å². The minimum absolute atomic E-state index is 0.132. The summed E-state index contributed by atoms with van der Waals surface area (Å²) in [4.78, 5) is 30.1. The highest BCUT2D eigenvalue weighted by atomic mass is 32.2. The number of rotatable bonds is 7. The molecule has 0 N–H and O–H groups in total. The Morgan fingerprint density at radius 3 is 2.60 bits per heavy atom. The van der Waals surface area contributed by atoms with E-state index in [0.717, 1.165) is 10.3 Å². The van der Waals surface area contributed by atoms with Crippen molar-refractivity contribution in [3.8, 4) is 5.75 Å². The first-order valence-electron chi connectivity index (χ1n) is 11.2. The van der Waals surface area contributed by atoms with Crippen LogP contribution in [0.5, 0.6) is 5.75 Å². The average molecular weight is 518 g/mol. The van der Waals surface area contributed by atoms with E-state index in [-0.39, 0.29) is 18.0 Å². The summed E-state index contributed by atoms with van der Waals surface area (Å²) in [5.74, 6) is -0.388. The van der Waals surface area contributed by atoms with Crippen molar-refractivity contribution in [3.05, 3.63) is 52.8 Å². The van der Waals surface area contributed by atoms with E-state index in [4.69, 9.17) is 9.47 Å². The van der Waals surface area contributed by atoms with Crippen LogP contribution in [0.3, 0.4) is 0 Å². The van der Waals surface area contributed by atoms with Crippen LogP contribution in [0.2, 0.25) is 0 Å². The molecular formula is C24H27N3O6S2. The number of thiazole rings is 1. The second-order valence-electron chi connectivity index (χ2n) is 8.15. The first-order chi connectivity index (χ1) is 16.7. The van der Waals surface area contributed by atoms with E-state index in [1.165, 1.54) is 22.8 Å². The van der Waals surface area contributed by atoms with Gasteiger partial charge >= 0.3 is 5.97 Å². The number of hydrogen-bond acceptors (Lipinski definition) is 7. The predicted octanol–water partition coefficient (Wildman–Crippen LogP) is 2.86. The molecule has 35 heavy (non-hydrogen) atoms. The number of carbonyl (C=O) groups is 2. The van der Waals surface area contributed by atoms with Crippen molar-refractivity contribution in [1.29, 1.82) is 0 Å². The number of hydrogen-bond donors (Lipinski definition) is 0. The number of methoxy groups -OCH3 is 1. The van der Waals surface area contributed by atoms with Gasteiger partial charge in [0.2, 0.25) is 10.0 Å². The monoisotopic (exact) mass is 517 g/mol. The maximum absolute atomic E-state index is 13.3. The van der Waals surface area contributed by atoms with Gasteiger partial charge in [0.25, 0.3) is 5.91 Å². The van der Waals surface area contributed by atoms with E-state index in [0.29, 0.717) is 35.5 Å². The molecule has 0 spiro atoms. The lowest BCUT2D eigenvalue weighted by Crippen LogP contribution is -2.40. The lowest BCUT2D eigenvalue weighted by Gasteiger charge is -2.21. The number of amides is 1. The molecule has 0 saturated carbocycles. The summed E-state index contributed by atoms with van der Waals surface area (Å²) in [7, 11) is -2.56. The number of nitrogens with zero attached hydrogens (tertiary/aromatic N) is 3. The van der Waals surface area contributed by atoms with Gasteiger partial charge in [0, 0.05) is 6.54 Å². The minimum Gasteiger partial charge on any atom is -0.494 e. The SMILES string of the molecule is CCOc1ccc2c(c1)sc(=NC(=O)C1CCCN1S(=O)(=O)c1ccc(C)cc1)n2CC(=O)OC. The smallest absolute Gasteiger partial charge is 0.325 e. The van der Waals surface area contributed by atoms with Gasteiger partial charge in [-0.3, -0.25) is 9.59 Å². The Morgan fingerprint density at radius 1 is 1.17 bits per heavy atom. The molecule has 9 nitrogen and oxygen atoms in total. The third kappa shape index (κ3) is 5.16. The second-order valence-corrected chi connectivity index (χ2v) is 11.0. The molecule has 2 heterocycles. The van der Waals surface area contributed by atoms with Gasteiger partial charge in [-0.25, -0.2) is 8.42 Å². The van der Waals surface area contributed by atoms with Gasteiger partial charge in [-0.1, -0.05) is 29.0 Å². The maximum Gasteiger partial charge on any atom is 0.325 e. The summed E-state index contributed by atoms with van der Waals surface area (Å²) in [6, 6.07) is 11.1. The van der Waals surface area contributed by atoms with Gasteiger partial charge < -0.3 is 14.0 Å². The van der Waals surface area contributed by atoms with Gasteiger partial charge in [0.15, 0.2) is 4.80 Å². The van der Waals surface area contributed by atoms with Crippen LogP contribution in [0.4, 0.5) is 0 Å². The molecule has 1 unspecified atom stereocenters. The van der Waals surface area contributed by atoms with Crippen molar-refractivity contribution in [2.75, 3.05) is 20.3 Å². The number of sulfonamides is 1. The summed E-state index contributed by atoms with van der Waals surface area (Å²) >= 11 is 1.23. The number of aryl methyl sites for hydroxylation is 1. The Morgan fingerprint density at radius 2 is 1.91 bits per heavy atom. The standard InChI is InChI=1S/C24H27N3O6S2/c1-4-33-17-9-12-19-21(14-17)34-24(26(19)15-22(28)32-3)25-23(29)20-6-5-13-27(20)35(30,31)18-10-7-16(2)8-11-18/h7-12,14,20H,4-6,13,15H2,1-3H3. The normalized spacial score (nSPS) is 17.1. The van der Waals surface area contributed by atoms with Crippen molar-refractivity contribution in [3.63, 3.8) is 0 Å². The zero-order chi connectivity index (χ0) is 25.2. The van der Waals surface area contributed by atoms with E-state index >= 15 is 0 Å². The fraction of sp³-hybridized carbons (Fsp3) is 0.375. The largest absolute Gasteiger partial charge is 0.494 e. The van der Waals surface area contributed by atoms with Crippen LogP contribution in [0, 0.1) is 6.92 Å². The quantitative estimate of drug-likeness (QED) is 0.446. The molecule has 3 aromatic rings. The van der Waals surface area contributed by atoms with Crippen LogP contribution < -0.4 is 9.54 Å². The van der Waals surface area contributed by atoms with Crippen molar-refractivity contribution in [2.45, 2.75) is 44.2 Å². The summed E-state index contributed by atoms with van der Waals surface area (Å²) < 4.78 is 40.5. The molecule has 11 heteroatoms. The maximum atomic E-state index is 13.3. The van der Waals surface area contributed by atoms with Crippen molar-refractivity contribution >= 4 is 43.5 Å². The first-order valence-corrected chi connectivity index (χ1v) is 13.5. The molecule has 4 rings (SSSR count). The zero-order valence-corrected chi connectivity index (χ0v) is 21.4. The Hall–Kier alpha value is -3.02. The second kappa shape index (κ2) is 10.3. The summed E-state index contributed by atoms with van der Waals surface area (Å²) in [6.07, 6.45) is 0.938. The molecule has 1 aliphatic heterocycles. The van der Waals surface area contributed by atoms with Crippen LogP contribution in [-0.4, -0.2) is 55.5 Å². The van der Waals surface area contributed by atoms with E-state index in [1.54, 1.807) is 41.0 Å². The fourth-order valence-electron chi connectivity index (χ4n) is 4.03. The molecule has 0 bridgehead atoms. The molecule has 0 radical (unpaired) electrons. The first kappa shape index (κ1) is 25.1. The Balaban J connectivity index is 1.73. The minimum atomic E-state index is -3.85. The third-order valence-corrected chi connectivity index (χ3v) is 8.77. The van der Waals surface area contributed by atoms with Crippen LogP contribution >= 0.6 is 11.3 Å². The molecule has 1 aromatic heterocycles. The van der Waals surface area contributed by atoms with Crippen LogP contribution in [0.15, 0.2) is 52.4 Å². The molecule has 1 amide bonds. The summed E-state index contributed by atoms with van der Waals surface area (Å²) in [5, 5.41) is 0. The van der Waals surface area contributed by atoms with Crippen molar-refractivity contribution in [1.82, 2.24) is 8.87 Å². The van der Waals surface area contributed by atoms with Crippen molar-refractivity contribution in [2.24, 2.45) is 4.99 Å². The van der Waals surface area contributed by atoms with E-state index in [1.807, 2.05) is 19.9 Å². The average Bonchev–Trinajstić information content (AvgIpc) is 3.45. The van der Waals surface area contributed by atoms with E-state index in [9.17, 15) is 18.0 Å². The molecule has 1 atom stereocenters. The molecule has 186 valence electrons. The summed E-state index contributed by atoms with van der Waals surface area (Å²) in [6.45, 7) is 4.37. The highest BCUT2D eigenvalue weighted by Gasteiger charge is 2.39. The Labute approximate surface area is 207 Å². The molecule has 2 aromatic carbocycles. The molecule has 1 saturated heterocycles. The number of esters is 1. The van der Waals surface area contributed by atoms with Crippen LogP contribution in [0.1, 0.15) is 25.3 Å². The van der Waals surface area contributed by atoms with Crippen molar-refractivity contribution < 1.29 is 27.5 Å². The number of fused-ring (bicyclic) bond motifs is 1. The molecule has 1 aliphatic rings. The third-order valence-electron chi connectivity index (χ3n) is 5.80.